The number of carbonyl (C=O) groups excluding carboxylic acids is 2. The molecule has 0 radical (unpaired) electrons. The van der Waals surface area contributed by atoms with Gasteiger partial charge in [0.2, 0.25) is 16.8 Å². The van der Waals surface area contributed by atoms with Crippen molar-refractivity contribution in [1.82, 2.24) is 4.31 Å². The molecule has 2 heterocycles. The highest BCUT2D eigenvalue weighted by atomic mass is 32.2. The summed E-state index contributed by atoms with van der Waals surface area (Å²) in [7, 11) is -0.836. The summed E-state index contributed by atoms with van der Waals surface area (Å²) >= 11 is 0. The predicted octanol–water partition coefficient (Wildman–Crippen LogP) is 2.53. The molecule has 0 bridgehead atoms. The van der Waals surface area contributed by atoms with E-state index in [9.17, 15) is 18.0 Å². The van der Waals surface area contributed by atoms with Crippen LogP contribution < -0.4 is 14.8 Å². The SMILES string of the molecule is CCOC(=O)c1ccc(S(=O)(=O)N2CCC(C(=O)Nc3ccc(OC)c(OCCOC)c3)CC2)o1. The Hall–Kier alpha value is -3.09. The van der Waals surface area contributed by atoms with Crippen molar-refractivity contribution in [2.75, 3.05) is 52.4 Å². The van der Waals surface area contributed by atoms with Crippen molar-refractivity contribution < 1.29 is 41.4 Å². The van der Waals surface area contributed by atoms with Crippen LogP contribution in [0.4, 0.5) is 5.69 Å². The molecule has 1 aromatic carbocycles. The minimum absolute atomic E-state index is 0.143. The summed E-state index contributed by atoms with van der Waals surface area (Å²) in [6, 6.07) is 7.58. The predicted molar refractivity (Wildman–Crippen MR) is 125 cm³/mol. The van der Waals surface area contributed by atoms with Gasteiger partial charge in [-0.15, -0.1) is 0 Å². The van der Waals surface area contributed by atoms with Crippen molar-refractivity contribution in [3.05, 3.63) is 36.1 Å². The molecule has 35 heavy (non-hydrogen) atoms. The normalized spacial score (nSPS) is 14.9. The number of nitrogens with zero attached hydrogens (tertiary/aromatic N) is 1. The summed E-state index contributed by atoms with van der Waals surface area (Å²) in [6.45, 7) is 2.81. The highest BCUT2D eigenvalue weighted by molar-refractivity contribution is 7.89. The van der Waals surface area contributed by atoms with Gasteiger partial charge >= 0.3 is 5.97 Å². The zero-order valence-corrected chi connectivity index (χ0v) is 20.8. The van der Waals surface area contributed by atoms with Gasteiger partial charge in [-0.2, -0.15) is 4.31 Å². The smallest absolute Gasteiger partial charge is 0.374 e. The van der Waals surface area contributed by atoms with Gasteiger partial charge in [0.05, 0.1) is 20.3 Å². The fourth-order valence-corrected chi connectivity index (χ4v) is 4.98. The lowest BCUT2D eigenvalue weighted by atomic mass is 9.97. The first-order valence-corrected chi connectivity index (χ1v) is 12.6. The molecule has 1 N–H and O–H groups in total. The molecule has 0 unspecified atom stereocenters. The van der Waals surface area contributed by atoms with E-state index in [2.05, 4.69) is 5.32 Å². The van der Waals surface area contributed by atoms with Crippen LogP contribution in [0.5, 0.6) is 11.5 Å². The first-order chi connectivity index (χ1) is 16.8. The third-order valence-corrected chi connectivity index (χ3v) is 7.23. The van der Waals surface area contributed by atoms with Crippen molar-refractivity contribution >= 4 is 27.6 Å². The maximum absolute atomic E-state index is 12.9. The van der Waals surface area contributed by atoms with Crippen LogP contribution in [0.3, 0.4) is 0 Å². The number of rotatable bonds is 11. The molecule has 1 fully saturated rings. The van der Waals surface area contributed by atoms with Gasteiger partial charge in [0.15, 0.2) is 11.5 Å². The number of esters is 1. The van der Waals surface area contributed by atoms with Gasteiger partial charge in [0.25, 0.3) is 10.0 Å². The zero-order chi connectivity index (χ0) is 25.4. The van der Waals surface area contributed by atoms with Crippen LogP contribution in [0.25, 0.3) is 0 Å². The van der Waals surface area contributed by atoms with Gasteiger partial charge in [0, 0.05) is 37.9 Å². The van der Waals surface area contributed by atoms with Crippen molar-refractivity contribution in [3.63, 3.8) is 0 Å². The van der Waals surface area contributed by atoms with E-state index in [0.29, 0.717) is 43.2 Å². The van der Waals surface area contributed by atoms with E-state index < -0.39 is 16.0 Å². The molecule has 1 aliphatic rings. The van der Waals surface area contributed by atoms with Gasteiger partial charge in [-0.05, 0) is 44.0 Å². The second-order valence-corrected chi connectivity index (χ2v) is 9.58. The number of ether oxygens (including phenoxy) is 4. The molecule has 1 aliphatic heterocycles. The quantitative estimate of drug-likeness (QED) is 0.357. The Morgan fingerprint density at radius 1 is 1.09 bits per heavy atom. The van der Waals surface area contributed by atoms with Crippen LogP contribution in [0.1, 0.15) is 30.3 Å². The molecule has 3 rings (SSSR count). The first-order valence-electron chi connectivity index (χ1n) is 11.2. The lowest BCUT2D eigenvalue weighted by Gasteiger charge is -2.29. The van der Waals surface area contributed by atoms with E-state index in [1.165, 1.54) is 23.5 Å². The minimum atomic E-state index is -3.94. The Morgan fingerprint density at radius 2 is 1.83 bits per heavy atom. The number of nitrogens with one attached hydrogen (secondary N) is 1. The molecule has 0 aliphatic carbocycles. The van der Waals surface area contributed by atoms with Crippen molar-refractivity contribution in [3.8, 4) is 11.5 Å². The Balaban J connectivity index is 1.59. The molecule has 0 atom stereocenters. The van der Waals surface area contributed by atoms with E-state index in [1.54, 1.807) is 32.2 Å². The average Bonchev–Trinajstić information content (AvgIpc) is 3.36. The summed E-state index contributed by atoms with van der Waals surface area (Å²) in [5.41, 5.74) is 0.542. The van der Waals surface area contributed by atoms with Gasteiger partial charge in [-0.3, -0.25) is 4.79 Å². The van der Waals surface area contributed by atoms with Gasteiger partial charge in [-0.25, -0.2) is 13.2 Å². The van der Waals surface area contributed by atoms with Crippen molar-refractivity contribution in [2.24, 2.45) is 5.92 Å². The Kier molecular flexibility index (Phi) is 9.13. The van der Waals surface area contributed by atoms with Crippen molar-refractivity contribution in [1.29, 1.82) is 0 Å². The molecule has 0 saturated carbocycles. The Labute approximate surface area is 204 Å². The summed E-state index contributed by atoms with van der Waals surface area (Å²) in [6.07, 6.45) is 0.674. The third kappa shape index (κ3) is 6.53. The number of benzene rings is 1. The molecule has 1 aromatic heterocycles. The number of hydrogen-bond acceptors (Lipinski definition) is 9. The fourth-order valence-electron chi connectivity index (χ4n) is 3.60. The van der Waals surface area contributed by atoms with Crippen LogP contribution in [0.2, 0.25) is 0 Å². The number of piperidine rings is 1. The van der Waals surface area contributed by atoms with E-state index in [4.69, 9.17) is 23.4 Å². The number of hydrogen-bond donors (Lipinski definition) is 1. The fraction of sp³-hybridized carbons (Fsp3) is 0.478. The molecule has 1 saturated heterocycles. The highest BCUT2D eigenvalue weighted by Gasteiger charge is 2.34. The maximum Gasteiger partial charge on any atom is 0.374 e. The van der Waals surface area contributed by atoms with Gasteiger partial charge in [-0.1, -0.05) is 0 Å². The van der Waals surface area contributed by atoms with E-state index in [-0.39, 0.29) is 42.4 Å². The summed E-state index contributed by atoms with van der Waals surface area (Å²) in [5, 5.41) is 2.53. The number of furan rings is 1. The van der Waals surface area contributed by atoms with Crippen LogP contribution >= 0.6 is 0 Å². The third-order valence-electron chi connectivity index (χ3n) is 5.45. The van der Waals surface area contributed by atoms with E-state index in [0.717, 1.165) is 0 Å². The standard InChI is InChI=1S/C23H30N2O9S/c1-4-32-23(27)19-7-8-21(34-19)35(28,29)25-11-9-16(10-12-25)22(26)24-17-5-6-18(31-3)20(15-17)33-14-13-30-2/h5-8,15-16H,4,9-14H2,1-3H3,(H,24,26). The summed E-state index contributed by atoms with van der Waals surface area (Å²) < 4.78 is 53.0. The minimum Gasteiger partial charge on any atom is -0.493 e. The second-order valence-electron chi connectivity index (χ2n) is 7.71. The maximum atomic E-state index is 12.9. The number of methoxy groups -OCH3 is 2. The highest BCUT2D eigenvalue weighted by Crippen LogP contribution is 2.31. The molecule has 1 amide bonds. The summed E-state index contributed by atoms with van der Waals surface area (Å²) in [5.74, 6) is -0.476. The van der Waals surface area contributed by atoms with Crippen LogP contribution in [0.15, 0.2) is 39.8 Å². The topological polar surface area (TPSA) is 134 Å². The lowest BCUT2D eigenvalue weighted by Crippen LogP contribution is -2.41. The second kappa shape index (κ2) is 12.0. The Morgan fingerprint density at radius 3 is 2.49 bits per heavy atom. The van der Waals surface area contributed by atoms with Crippen LogP contribution in [-0.2, 0) is 24.3 Å². The number of amides is 1. The van der Waals surface area contributed by atoms with Crippen molar-refractivity contribution in [2.45, 2.75) is 24.9 Å². The number of sulfonamides is 1. The Bertz CT molecular complexity index is 1120. The van der Waals surface area contributed by atoms with Gasteiger partial charge < -0.3 is 28.7 Å². The number of carbonyl (C=O) groups is 2. The van der Waals surface area contributed by atoms with E-state index >= 15 is 0 Å². The van der Waals surface area contributed by atoms with Crippen LogP contribution in [0, 0.1) is 5.92 Å². The first kappa shape index (κ1) is 26.5. The van der Waals surface area contributed by atoms with Crippen LogP contribution in [-0.4, -0.2) is 71.7 Å². The lowest BCUT2D eigenvalue weighted by molar-refractivity contribution is -0.120. The molecular weight excluding hydrogens is 480 g/mol. The molecule has 2 aromatic rings. The molecule has 11 nitrogen and oxygen atoms in total. The number of anilines is 1. The molecule has 0 spiro atoms. The molecule has 192 valence electrons. The van der Waals surface area contributed by atoms with E-state index in [1.807, 2.05) is 0 Å². The monoisotopic (exact) mass is 510 g/mol. The molecule has 12 heteroatoms. The molecular formula is C23H30N2O9S. The average molecular weight is 511 g/mol. The zero-order valence-electron chi connectivity index (χ0n) is 19.9. The largest absolute Gasteiger partial charge is 0.493 e. The summed E-state index contributed by atoms with van der Waals surface area (Å²) in [4.78, 5) is 24.6. The van der Waals surface area contributed by atoms with Gasteiger partial charge in [0.1, 0.15) is 6.61 Å².